The van der Waals surface area contributed by atoms with Crippen molar-refractivity contribution in [3.8, 4) is 5.75 Å². The number of phenols is 1. The number of Topliss-reactive ketones (excluding diaryl/α,β-unsaturated/α-hetero) is 1. The molecular weight excluding hydrogens is 218 g/mol. The predicted octanol–water partition coefficient (Wildman–Crippen LogP) is 2.22. The third kappa shape index (κ3) is 2.06. The predicted molar refractivity (Wildman–Crippen MR) is 65.5 cm³/mol. The van der Waals surface area contributed by atoms with E-state index in [4.69, 9.17) is 0 Å². The fraction of sp³-hybridized carbons (Fsp3) is 0.231. The van der Waals surface area contributed by atoms with E-state index in [-0.39, 0.29) is 17.1 Å². The van der Waals surface area contributed by atoms with Gasteiger partial charge in [0.1, 0.15) is 5.75 Å². The number of carbonyl (C=O) groups is 1. The van der Waals surface area contributed by atoms with Crippen LogP contribution >= 0.6 is 0 Å². The molecule has 0 fully saturated rings. The number of H-pyrrole nitrogens is 1. The van der Waals surface area contributed by atoms with Crippen molar-refractivity contribution in [2.45, 2.75) is 19.8 Å². The zero-order valence-electron chi connectivity index (χ0n) is 9.49. The Hall–Kier alpha value is -2.10. The number of pyridine rings is 1. The number of hydrogen-bond acceptors (Lipinski definition) is 3. The van der Waals surface area contributed by atoms with Gasteiger partial charge in [-0.1, -0.05) is 6.92 Å². The molecule has 4 heteroatoms. The van der Waals surface area contributed by atoms with Crippen LogP contribution < -0.4 is 5.56 Å². The zero-order valence-corrected chi connectivity index (χ0v) is 9.49. The summed E-state index contributed by atoms with van der Waals surface area (Å²) >= 11 is 0. The first-order valence-corrected chi connectivity index (χ1v) is 5.51. The lowest BCUT2D eigenvalue weighted by Crippen LogP contribution is -2.06. The quantitative estimate of drug-likeness (QED) is 0.796. The molecule has 0 aliphatic rings. The standard InChI is InChI=1S/C13H13NO3/c1-2-3-10(15)8-4-6-11(16)13-9(8)5-7-12(17)14-13/h4-7,16H,2-3H2,1H3,(H,14,17). The first-order valence-electron chi connectivity index (χ1n) is 5.51. The number of ketones is 1. The Morgan fingerprint density at radius 1 is 1.29 bits per heavy atom. The van der Waals surface area contributed by atoms with E-state index in [0.29, 0.717) is 22.9 Å². The number of carbonyl (C=O) groups excluding carboxylic acids is 1. The van der Waals surface area contributed by atoms with Gasteiger partial charge < -0.3 is 10.1 Å². The van der Waals surface area contributed by atoms with Crippen LogP contribution in [0, 0.1) is 0 Å². The maximum Gasteiger partial charge on any atom is 0.248 e. The highest BCUT2D eigenvalue weighted by atomic mass is 16.3. The lowest BCUT2D eigenvalue weighted by molar-refractivity contribution is 0.0983. The molecule has 0 unspecified atom stereocenters. The molecule has 88 valence electrons. The number of rotatable bonds is 3. The van der Waals surface area contributed by atoms with Gasteiger partial charge in [0.15, 0.2) is 5.78 Å². The van der Waals surface area contributed by atoms with Crippen LogP contribution in [0.5, 0.6) is 5.75 Å². The van der Waals surface area contributed by atoms with Crippen LogP contribution in [0.4, 0.5) is 0 Å². The Kier molecular flexibility index (Phi) is 2.95. The Morgan fingerprint density at radius 2 is 2.06 bits per heavy atom. The Bertz CT molecular complexity index is 628. The molecule has 17 heavy (non-hydrogen) atoms. The van der Waals surface area contributed by atoms with Gasteiger partial charge in [-0.3, -0.25) is 9.59 Å². The lowest BCUT2D eigenvalue weighted by Gasteiger charge is -2.06. The first-order chi connectivity index (χ1) is 8.13. The molecule has 2 aromatic rings. The highest BCUT2D eigenvalue weighted by Crippen LogP contribution is 2.25. The van der Waals surface area contributed by atoms with Crippen molar-refractivity contribution in [1.29, 1.82) is 0 Å². The molecule has 0 aliphatic carbocycles. The molecule has 0 bridgehead atoms. The smallest absolute Gasteiger partial charge is 0.248 e. The van der Waals surface area contributed by atoms with Gasteiger partial charge in [-0.05, 0) is 24.6 Å². The van der Waals surface area contributed by atoms with Crippen LogP contribution in [0.3, 0.4) is 0 Å². The van der Waals surface area contributed by atoms with E-state index in [0.717, 1.165) is 6.42 Å². The van der Waals surface area contributed by atoms with E-state index in [2.05, 4.69) is 4.98 Å². The second kappa shape index (κ2) is 4.41. The summed E-state index contributed by atoms with van der Waals surface area (Å²) in [6.45, 7) is 1.93. The van der Waals surface area contributed by atoms with Crippen molar-refractivity contribution in [2.24, 2.45) is 0 Å². The third-order valence-corrected chi connectivity index (χ3v) is 2.65. The summed E-state index contributed by atoms with van der Waals surface area (Å²) in [5.41, 5.74) is 0.559. The molecule has 4 nitrogen and oxygen atoms in total. The molecular formula is C13H13NO3. The summed E-state index contributed by atoms with van der Waals surface area (Å²) < 4.78 is 0. The fourth-order valence-corrected chi connectivity index (χ4v) is 1.84. The highest BCUT2D eigenvalue weighted by molar-refractivity contribution is 6.08. The van der Waals surface area contributed by atoms with Crippen molar-refractivity contribution in [1.82, 2.24) is 4.98 Å². The van der Waals surface area contributed by atoms with Crippen LogP contribution in [0.1, 0.15) is 30.1 Å². The van der Waals surface area contributed by atoms with Crippen molar-refractivity contribution < 1.29 is 9.90 Å². The van der Waals surface area contributed by atoms with E-state index < -0.39 is 0 Å². The zero-order chi connectivity index (χ0) is 12.4. The van der Waals surface area contributed by atoms with Crippen molar-refractivity contribution in [3.05, 3.63) is 40.2 Å². The number of aromatic hydroxyl groups is 1. The number of phenolic OH excluding ortho intramolecular Hbond substituents is 1. The SMILES string of the molecule is CCCC(=O)c1ccc(O)c2[nH]c(=O)ccc12. The lowest BCUT2D eigenvalue weighted by atomic mass is 10.0. The molecule has 0 amide bonds. The maximum absolute atomic E-state index is 11.9. The summed E-state index contributed by atoms with van der Waals surface area (Å²) in [6.07, 6.45) is 1.23. The van der Waals surface area contributed by atoms with Crippen molar-refractivity contribution >= 4 is 16.7 Å². The van der Waals surface area contributed by atoms with Gasteiger partial charge in [-0.15, -0.1) is 0 Å². The molecule has 1 aromatic heterocycles. The third-order valence-electron chi connectivity index (χ3n) is 2.65. The van der Waals surface area contributed by atoms with Crippen LogP contribution in [0.25, 0.3) is 10.9 Å². The van der Waals surface area contributed by atoms with Gasteiger partial charge in [-0.2, -0.15) is 0 Å². The number of aromatic nitrogens is 1. The van der Waals surface area contributed by atoms with Gasteiger partial charge in [0.2, 0.25) is 5.56 Å². The molecule has 0 aliphatic heterocycles. The molecule has 0 saturated carbocycles. The molecule has 0 spiro atoms. The summed E-state index contributed by atoms with van der Waals surface area (Å²) in [5.74, 6) is -0.00435. The van der Waals surface area contributed by atoms with Crippen LogP contribution in [0.2, 0.25) is 0 Å². The van der Waals surface area contributed by atoms with Crippen molar-refractivity contribution in [3.63, 3.8) is 0 Å². The number of hydrogen-bond donors (Lipinski definition) is 2. The van der Waals surface area contributed by atoms with Crippen LogP contribution in [-0.2, 0) is 0 Å². The average Bonchev–Trinajstić information content (AvgIpc) is 2.30. The van der Waals surface area contributed by atoms with Crippen LogP contribution in [-0.4, -0.2) is 15.9 Å². The molecule has 2 rings (SSSR count). The summed E-state index contributed by atoms with van der Waals surface area (Å²) in [4.78, 5) is 25.6. The number of nitrogens with one attached hydrogen (secondary N) is 1. The second-order valence-electron chi connectivity index (χ2n) is 3.92. The molecule has 1 aromatic carbocycles. The fourth-order valence-electron chi connectivity index (χ4n) is 1.84. The summed E-state index contributed by atoms with van der Waals surface area (Å²) in [7, 11) is 0. The molecule has 0 radical (unpaired) electrons. The highest BCUT2D eigenvalue weighted by Gasteiger charge is 2.11. The summed E-state index contributed by atoms with van der Waals surface area (Å²) in [6, 6.07) is 5.94. The average molecular weight is 231 g/mol. The number of fused-ring (bicyclic) bond motifs is 1. The Balaban J connectivity index is 2.70. The van der Waals surface area contributed by atoms with E-state index in [9.17, 15) is 14.7 Å². The van der Waals surface area contributed by atoms with Gasteiger partial charge in [0.05, 0.1) is 5.52 Å². The van der Waals surface area contributed by atoms with E-state index in [1.54, 1.807) is 12.1 Å². The van der Waals surface area contributed by atoms with Gasteiger partial charge >= 0.3 is 0 Å². The topological polar surface area (TPSA) is 70.2 Å². The Labute approximate surface area is 97.9 Å². The van der Waals surface area contributed by atoms with Gasteiger partial charge in [0.25, 0.3) is 0 Å². The van der Waals surface area contributed by atoms with Gasteiger partial charge in [0, 0.05) is 23.4 Å². The molecule has 0 atom stereocenters. The molecule has 2 N–H and O–H groups in total. The maximum atomic E-state index is 11.9. The molecule has 1 heterocycles. The number of aromatic amines is 1. The molecule has 0 saturated heterocycles. The second-order valence-corrected chi connectivity index (χ2v) is 3.92. The minimum absolute atomic E-state index is 0.0181. The van der Waals surface area contributed by atoms with E-state index >= 15 is 0 Å². The summed E-state index contributed by atoms with van der Waals surface area (Å²) in [5, 5.41) is 10.2. The van der Waals surface area contributed by atoms with Gasteiger partial charge in [-0.25, -0.2) is 0 Å². The monoisotopic (exact) mass is 231 g/mol. The van der Waals surface area contributed by atoms with Crippen molar-refractivity contribution in [2.75, 3.05) is 0 Å². The normalized spacial score (nSPS) is 10.6. The number of benzene rings is 1. The Morgan fingerprint density at radius 3 is 2.76 bits per heavy atom. The first kappa shape index (κ1) is 11.4. The van der Waals surface area contributed by atoms with Crippen LogP contribution in [0.15, 0.2) is 29.1 Å². The van der Waals surface area contributed by atoms with E-state index in [1.807, 2.05) is 6.92 Å². The minimum atomic E-state index is -0.298. The largest absolute Gasteiger partial charge is 0.506 e. The minimum Gasteiger partial charge on any atom is -0.506 e. The van der Waals surface area contributed by atoms with E-state index in [1.165, 1.54) is 12.1 Å².